The van der Waals surface area contributed by atoms with Crippen molar-refractivity contribution in [3.8, 4) is 0 Å². The number of piperazine rings is 1. The maximum Gasteiger partial charge on any atom is 0.317 e. The molecule has 6 nitrogen and oxygen atoms in total. The molecular weight excluding hydrogens is 340 g/mol. The molecule has 27 heavy (non-hydrogen) atoms. The second-order valence-electron chi connectivity index (χ2n) is 7.49. The number of hydrogen-bond donors (Lipinski definition) is 2. The highest BCUT2D eigenvalue weighted by atomic mass is 16.2. The Morgan fingerprint density at radius 2 is 1.67 bits per heavy atom. The number of carbonyl (C=O) groups is 2. The third kappa shape index (κ3) is 7.21. The van der Waals surface area contributed by atoms with Crippen LogP contribution in [0.15, 0.2) is 24.3 Å². The van der Waals surface area contributed by atoms with Crippen molar-refractivity contribution in [1.82, 2.24) is 20.4 Å². The fourth-order valence-electron chi connectivity index (χ4n) is 3.13. The van der Waals surface area contributed by atoms with E-state index in [0.717, 1.165) is 32.5 Å². The number of amides is 3. The van der Waals surface area contributed by atoms with E-state index in [4.69, 9.17) is 0 Å². The quantitative estimate of drug-likeness (QED) is 0.733. The first-order valence-corrected chi connectivity index (χ1v) is 10.1. The van der Waals surface area contributed by atoms with E-state index in [1.807, 2.05) is 11.8 Å². The van der Waals surface area contributed by atoms with E-state index in [1.54, 1.807) is 0 Å². The first-order valence-electron chi connectivity index (χ1n) is 10.1. The molecule has 150 valence electrons. The number of nitrogens with one attached hydrogen (secondary N) is 2. The van der Waals surface area contributed by atoms with Crippen LogP contribution in [-0.2, 0) is 11.2 Å². The summed E-state index contributed by atoms with van der Waals surface area (Å²) in [5.41, 5.74) is 2.58. The van der Waals surface area contributed by atoms with Crippen molar-refractivity contribution in [3.63, 3.8) is 0 Å². The maximum atomic E-state index is 12.3. The second kappa shape index (κ2) is 10.9. The van der Waals surface area contributed by atoms with Crippen LogP contribution in [0.1, 0.15) is 44.2 Å². The fourth-order valence-corrected chi connectivity index (χ4v) is 3.13. The maximum absolute atomic E-state index is 12.3. The lowest BCUT2D eigenvalue weighted by Gasteiger charge is -2.34. The molecule has 2 rings (SSSR count). The normalized spacial score (nSPS) is 15.0. The number of nitrogens with zero attached hydrogens (tertiary/aromatic N) is 2. The van der Waals surface area contributed by atoms with Gasteiger partial charge in [-0.3, -0.25) is 9.69 Å². The van der Waals surface area contributed by atoms with Gasteiger partial charge in [0.2, 0.25) is 5.91 Å². The molecule has 0 spiro atoms. The highest BCUT2D eigenvalue weighted by Crippen LogP contribution is 2.14. The van der Waals surface area contributed by atoms with Gasteiger partial charge >= 0.3 is 6.03 Å². The summed E-state index contributed by atoms with van der Waals surface area (Å²) in [6, 6.07) is 8.60. The average molecular weight is 375 g/mol. The van der Waals surface area contributed by atoms with Crippen LogP contribution in [0.5, 0.6) is 0 Å². The molecule has 3 amide bonds. The Bertz CT molecular complexity index is 593. The zero-order valence-corrected chi connectivity index (χ0v) is 17.0. The number of carbonyl (C=O) groups excluding carboxylic acids is 2. The van der Waals surface area contributed by atoms with Gasteiger partial charge in [-0.2, -0.15) is 0 Å². The lowest BCUT2D eigenvalue weighted by Crippen LogP contribution is -2.53. The molecule has 0 unspecified atom stereocenters. The third-order valence-electron chi connectivity index (χ3n) is 4.94. The van der Waals surface area contributed by atoms with E-state index in [-0.39, 0.29) is 11.9 Å². The van der Waals surface area contributed by atoms with Crippen LogP contribution in [0.4, 0.5) is 4.79 Å². The van der Waals surface area contributed by atoms with Crippen molar-refractivity contribution in [2.45, 2.75) is 39.5 Å². The first-order chi connectivity index (χ1) is 13.0. The summed E-state index contributed by atoms with van der Waals surface area (Å²) in [4.78, 5) is 28.0. The molecule has 1 aromatic carbocycles. The van der Waals surface area contributed by atoms with E-state index >= 15 is 0 Å². The predicted molar refractivity (Wildman–Crippen MR) is 109 cm³/mol. The molecule has 1 aromatic rings. The predicted octanol–water partition coefficient (Wildman–Crippen LogP) is 2.21. The van der Waals surface area contributed by atoms with E-state index in [0.29, 0.717) is 32.1 Å². The Morgan fingerprint density at radius 3 is 2.26 bits per heavy atom. The Balaban J connectivity index is 1.65. The van der Waals surface area contributed by atoms with Gasteiger partial charge in [-0.1, -0.05) is 45.0 Å². The lowest BCUT2D eigenvalue weighted by atomic mass is 10.0. The summed E-state index contributed by atoms with van der Waals surface area (Å²) in [7, 11) is 0. The fraction of sp³-hybridized carbons (Fsp3) is 0.619. The zero-order valence-electron chi connectivity index (χ0n) is 17.0. The van der Waals surface area contributed by atoms with E-state index in [9.17, 15) is 9.59 Å². The smallest absolute Gasteiger partial charge is 0.317 e. The summed E-state index contributed by atoms with van der Waals surface area (Å²) in [5, 5.41) is 5.90. The van der Waals surface area contributed by atoms with Gasteiger partial charge in [0.1, 0.15) is 0 Å². The lowest BCUT2D eigenvalue weighted by molar-refractivity contribution is -0.122. The Kier molecular flexibility index (Phi) is 8.58. The van der Waals surface area contributed by atoms with Gasteiger partial charge in [-0.15, -0.1) is 0 Å². The van der Waals surface area contributed by atoms with Crippen molar-refractivity contribution in [3.05, 3.63) is 35.4 Å². The number of hydrogen-bond acceptors (Lipinski definition) is 3. The molecule has 0 aliphatic carbocycles. The summed E-state index contributed by atoms with van der Waals surface area (Å²) in [6.07, 6.45) is 1.78. The molecule has 1 fully saturated rings. The van der Waals surface area contributed by atoms with Crippen LogP contribution in [-0.4, -0.2) is 67.6 Å². The summed E-state index contributed by atoms with van der Waals surface area (Å²) >= 11 is 0. The minimum absolute atomic E-state index is 0.0103. The number of benzene rings is 1. The minimum atomic E-state index is -0.0103. The standard InChI is InChI=1S/C21H34N4O2/c1-4-10-22-20(26)16-24-12-14-25(15-13-24)21(27)23-11-9-18-5-7-19(8-6-18)17(2)3/h5-8,17H,4,9-16H2,1-3H3,(H,22,26)(H,23,27). The molecule has 0 bridgehead atoms. The van der Waals surface area contributed by atoms with Gasteiger partial charge in [0.05, 0.1) is 6.54 Å². The van der Waals surface area contributed by atoms with Crippen molar-refractivity contribution in [1.29, 1.82) is 0 Å². The molecule has 1 saturated heterocycles. The largest absolute Gasteiger partial charge is 0.355 e. The van der Waals surface area contributed by atoms with Crippen LogP contribution < -0.4 is 10.6 Å². The first kappa shape index (κ1) is 21.2. The van der Waals surface area contributed by atoms with E-state index < -0.39 is 0 Å². The number of rotatable bonds is 8. The van der Waals surface area contributed by atoms with Gasteiger partial charge in [-0.25, -0.2) is 4.79 Å². The zero-order chi connectivity index (χ0) is 19.6. The molecule has 0 saturated carbocycles. The van der Waals surface area contributed by atoms with E-state index in [1.165, 1.54) is 11.1 Å². The van der Waals surface area contributed by atoms with Crippen LogP contribution >= 0.6 is 0 Å². The minimum Gasteiger partial charge on any atom is -0.355 e. The van der Waals surface area contributed by atoms with Crippen molar-refractivity contribution in [2.75, 3.05) is 45.8 Å². The summed E-state index contributed by atoms with van der Waals surface area (Å²) in [5.74, 6) is 0.605. The van der Waals surface area contributed by atoms with Crippen LogP contribution in [0.3, 0.4) is 0 Å². The monoisotopic (exact) mass is 374 g/mol. The van der Waals surface area contributed by atoms with Crippen molar-refractivity contribution >= 4 is 11.9 Å². The molecule has 6 heteroatoms. The topological polar surface area (TPSA) is 64.7 Å². The van der Waals surface area contributed by atoms with Gasteiger partial charge < -0.3 is 15.5 Å². The van der Waals surface area contributed by atoms with Gasteiger partial charge in [-0.05, 0) is 29.9 Å². The highest BCUT2D eigenvalue weighted by Gasteiger charge is 2.21. The molecular formula is C21H34N4O2. The van der Waals surface area contributed by atoms with Gasteiger partial charge in [0, 0.05) is 39.3 Å². The molecule has 1 heterocycles. The Morgan fingerprint density at radius 1 is 1.00 bits per heavy atom. The molecule has 0 atom stereocenters. The van der Waals surface area contributed by atoms with Crippen LogP contribution in [0.25, 0.3) is 0 Å². The SMILES string of the molecule is CCCNC(=O)CN1CCN(C(=O)NCCc2ccc(C(C)C)cc2)CC1. The van der Waals surface area contributed by atoms with Crippen molar-refractivity contribution < 1.29 is 9.59 Å². The van der Waals surface area contributed by atoms with E-state index in [2.05, 4.69) is 53.6 Å². The van der Waals surface area contributed by atoms with Crippen LogP contribution in [0.2, 0.25) is 0 Å². The molecule has 2 N–H and O–H groups in total. The summed E-state index contributed by atoms with van der Waals surface area (Å²) in [6.45, 7) is 11.0. The average Bonchev–Trinajstić information content (AvgIpc) is 2.67. The molecule has 1 aliphatic heterocycles. The molecule has 0 radical (unpaired) electrons. The molecule has 0 aromatic heterocycles. The highest BCUT2D eigenvalue weighted by molar-refractivity contribution is 5.78. The summed E-state index contributed by atoms with van der Waals surface area (Å²) < 4.78 is 0. The van der Waals surface area contributed by atoms with Crippen LogP contribution in [0, 0.1) is 0 Å². The third-order valence-corrected chi connectivity index (χ3v) is 4.94. The number of urea groups is 1. The van der Waals surface area contributed by atoms with Gasteiger partial charge in [0.15, 0.2) is 0 Å². The Hall–Kier alpha value is -2.08. The molecule has 1 aliphatic rings. The second-order valence-corrected chi connectivity index (χ2v) is 7.49. The Labute approximate surface area is 163 Å². The van der Waals surface area contributed by atoms with Gasteiger partial charge in [0.25, 0.3) is 0 Å². The van der Waals surface area contributed by atoms with Crippen molar-refractivity contribution in [2.24, 2.45) is 0 Å².